The Balaban J connectivity index is 2.15. The predicted molar refractivity (Wildman–Crippen MR) is 80.0 cm³/mol. The SMILES string of the molecule is Cc1csc(C(C)Nc2ccc(C(=O)O)c(Br)c2)n1. The molecule has 2 aromatic rings. The predicted octanol–water partition coefficient (Wildman–Crippen LogP) is 4.09. The fourth-order valence-corrected chi connectivity index (χ4v) is 3.01. The molecule has 1 aromatic carbocycles. The largest absolute Gasteiger partial charge is 0.478 e. The lowest BCUT2D eigenvalue weighted by atomic mass is 10.2. The summed E-state index contributed by atoms with van der Waals surface area (Å²) in [7, 11) is 0. The maximum atomic E-state index is 10.9. The number of carboxylic acids is 1. The highest BCUT2D eigenvalue weighted by Gasteiger charge is 2.12. The van der Waals surface area contributed by atoms with E-state index in [9.17, 15) is 4.79 Å². The van der Waals surface area contributed by atoms with E-state index in [-0.39, 0.29) is 11.6 Å². The molecular weight excluding hydrogens is 328 g/mol. The van der Waals surface area contributed by atoms with Crippen molar-refractivity contribution in [2.75, 3.05) is 5.32 Å². The summed E-state index contributed by atoms with van der Waals surface area (Å²) >= 11 is 4.87. The molecule has 0 amide bonds. The summed E-state index contributed by atoms with van der Waals surface area (Å²) in [5.41, 5.74) is 2.12. The van der Waals surface area contributed by atoms with Gasteiger partial charge in [0.05, 0.1) is 11.6 Å². The molecule has 19 heavy (non-hydrogen) atoms. The van der Waals surface area contributed by atoms with Crippen molar-refractivity contribution < 1.29 is 9.90 Å². The number of benzene rings is 1. The first-order chi connectivity index (χ1) is 8.97. The topological polar surface area (TPSA) is 62.2 Å². The monoisotopic (exact) mass is 340 g/mol. The van der Waals surface area contributed by atoms with Crippen molar-refractivity contribution >= 4 is 38.9 Å². The number of nitrogens with one attached hydrogen (secondary N) is 1. The molecule has 0 radical (unpaired) electrons. The van der Waals surface area contributed by atoms with Gasteiger partial charge in [-0.2, -0.15) is 0 Å². The number of thiazole rings is 1. The molecule has 0 saturated heterocycles. The molecule has 0 bridgehead atoms. The Hall–Kier alpha value is -1.40. The number of hydrogen-bond donors (Lipinski definition) is 2. The number of halogens is 1. The minimum absolute atomic E-state index is 0.0845. The van der Waals surface area contributed by atoms with Crippen LogP contribution in [0, 0.1) is 6.92 Å². The van der Waals surface area contributed by atoms with Gasteiger partial charge in [0.2, 0.25) is 0 Å². The highest BCUT2D eigenvalue weighted by atomic mass is 79.9. The molecule has 1 aromatic heterocycles. The number of aromatic nitrogens is 1. The van der Waals surface area contributed by atoms with Crippen LogP contribution in [-0.4, -0.2) is 16.1 Å². The second-order valence-electron chi connectivity index (χ2n) is 4.19. The molecule has 0 aliphatic rings. The van der Waals surface area contributed by atoms with Gasteiger partial charge in [-0.3, -0.25) is 0 Å². The fourth-order valence-electron chi connectivity index (χ4n) is 1.66. The number of hydrogen-bond acceptors (Lipinski definition) is 4. The van der Waals surface area contributed by atoms with Crippen LogP contribution in [0.25, 0.3) is 0 Å². The maximum absolute atomic E-state index is 10.9. The maximum Gasteiger partial charge on any atom is 0.336 e. The van der Waals surface area contributed by atoms with E-state index >= 15 is 0 Å². The van der Waals surface area contributed by atoms with Gasteiger partial charge < -0.3 is 10.4 Å². The molecule has 0 aliphatic carbocycles. The van der Waals surface area contributed by atoms with E-state index in [0.29, 0.717) is 4.47 Å². The minimum atomic E-state index is -0.943. The lowest BCUT2D eigenvalue weighted by Gasteiger charge is -2.13. The number of nitrogens with zero attached hydrogens (tertiary/aromatic N) is 1. The van der Waals surface area contributed by atoms with Gasteiger partial charge in [0.1, 0.15) is 5.01 Å². The van der Waals surface area contributed by atoms with Crippen LogP contribution in [0.3, 0.4) is 0 Å². The zero-order valence-corrected chi connectivity index (χ0v) is 12.9. The molecule has 0 saturated carbocycles. The van der Waals surface area contributed by atoms with E-state index in [4.69, 9.17) is 5.11 Å². The van der Waals surface area contributed by atoms with Crippen molar-refractivity contribution in [3.05, 3.63) is 44.3 Å². The van der Waals surface area contributed by atoms with Crippen LogP contribution in [-0.2, 0) is 0 Å². The molecule has 1 unspecified atom stereocenters. The van der Waals surface area contributed by atoms with Crippen molar-refractivity contribution in [2.24, 2.45) is 0 Å². The van der Waals surface area contributed by atoms with Crippen LogP contribution in [0.2, 0.25) is 0 Å². The van der Waals surface area contributed by atoms with Crippen molar-refractivity contribution in [3.63, 3.8) is 0 Å². The molecule has 100 valence electrons. The highest BCUT2D eigenvalue weighted by Crippen LogP contribution is 2.26. The second-order valence-corrected chi connectivity index (χ2v) is 5.94. The smallest absolute Gasteiger partial charge is 0.336 e. The van der Waals surface area contributed by atoms with Crippen LogP contribution >= 0.6 is 27.3 Å². The van der Waals surface area contributed by atoms with Crippen molar-refractivity contribution in [1.82, 2.24) is 4.98 Å². The third-order valence-electron chi connectivity index (χ3n) is 2.59. The third-order valence-corrected chi connectivity index (χ3v) is 4.39. The molecule has 1 heterocycles. The van der Waals surface area contributed by atoms with E-state index in [2.05, 4.69) is 26.2 Å². The molecule has 1 atom stereocenters. The first kappa shape index (κ1) is 14.0. The zero-order chi connectivity index (χ0) is 14.0. The van der Waals surface area contributed by atoms with Crippen LogP contribution in [0.15, 0.2) is 28.1 Å². The Labute approximate surface area is 123 Å². The Morgan fingerprint density at radius 1 is 1.53 bits per heavy atom. The summed E-state index contributed by atoms with van der Waals surface area (Å²) < 4.78 is 0.563. The van der Waals surface area contributed by atoms with Gasteiger partial charge in [-0.15, -0.1) is 11.3 Å². The van der Waals surface area contributed by atoms with E-state index in [1.54, 1.807) is 29.5 Å². The Morgan fingerprint density at radius 2 is 2.26 bits per heavy atom. The molecule has 2 rings (SSSR count). The molecule has 0 fully saturated rings. The lowest BCUT2D eigenvalue weighted by Crippen LogP contribution is -2.07. The molecule has 0 aliphatic heterocycles. The number of carboxylic acid groups (broad SMARTS) is 1. The zero-order valence-electron chi connectivity index (χ0n) is 10.5. The van der Waals surface area contributed by atoms with Gasteiger partial charge in [0.25, 0.3) is 0 Å². The standard InChI is InChI=1S/C13H13BrN2O2S/c1-7-6-19-12(15-7)8(2)16-9-3-4-10(13(17)18)11(14)5-9/h3-6,8,16H,1-2H3,(H,17,18). The van der Waals surface area contributed by atoms with Gasteiger partial charge in [-0.05, 0) is 48.0 Å². The summed E-state index contributed by atoms with van der Waals surface area (Å²) in [6.45, 7) is 3.99. The van der Waals surface area contributed by atoms with E-state index in [1.807, 2.05) is 19.2 Å². The van der Waals surface area contributed by atoms with Gasteiger partial charge in [-0.1, -0.05) is 0 Å². The fraction of sp³-hybridized carbons (Fsp3) is 0.231. The molecule has 4 nitrogen and oxygen atoms in total. The number of aryl methyl sites for hydroxylation is 1. The minimum Gasteiger partial charge on any atom is -0.478 e. The highest BCUT2D eigenvalue weighted by molar-refractivity contribution is 9.10. The Kier molecular flexibility index (Phi) is 4.21. The molecule has 2 N–H and O–H groups in total. The Bertz CT molecular complexity index is 612. The second kappa shape index (κ2) is 5.71. The van der Waals surface area contributed by atoms with E-state index in [0.717, 1.165) is 16.4 Å². The van der Waals surface area contributed by atoms with Gasteiger partial charge in [0, 0.05) is 21.2 Å². The average molecular weight is 341 g/mol. The van der Waals surface area contributed by atoms with Crippen molar-refractivity contribution in [2.45, 2.75) is 19.9 Å². The van der Waals surface area contributed by atoms with E-state index < -0.39 is 5.97 Å². The normalized spacial score (nSPS) is 12.2. The summed E-state index contributed by atoms with van der Waals surface area (Å²) in [5.74, 6) is -0.943. The van der Waals surface area contributed by atoms with Gasteiger partial charge in [-0.25, -0.2) is 9.78 Å². The summed E-state index contributed by atoms with van der Waals surface area (Å²) in [6, 6.07) is 5.18. The van der Waals surface area contributed by atoms with Crippen molar-refractivity contribution in [1.29, 1.82) is 0 Å². The average Bonchev–Trinajstić information content (AvgIpc) is 2.75. The molecule has 6 heteroatoms. The quantitative estimate of drug-likeness (QED) is 0.879. The number of rotatable bonds is 4. The first-order valence-electron chi connectivity index (χ1n) is 5.69. The van der Waals surface area contributed by atoms with Crippen molar-refractivity contribution in [3.8, 4) is 0 Å². The summed E-state index contributed by atoms with van der Waals surface area (Å²) in [4.78, 5) is 15.3. The third kappa shape index (κ3) is 3.33. The van der Waals surface area contributed by atoms with Crippen LogP contribution in [0.1, 0.15) is 34.0 Å². The Morgan fingerprint density at radius 3 is 2.79 bits per heavy atom. The molecular formula is C13H13BrN2O2S. The number of aromatic carboxylic acids is 1. The van der Waals surface area contributed by atoms with Crippen LogP contribution < -0.4 is 5.32 Å². The van der Waals surface area contributed by atoms with Gasteiger partial charge in [0.15, 0.2) is 0 Å². The number of carbonyl (C=O) groups is 1. The van der Waals surface area contributed by atoms with Crippen LogP contribution in [0.5, 0.6) is 0 Å². The molecule has 0 spiro atoms. The first-order valence-corrected chi connectivity index (χ1v) is 7.36. The lowest BCUT2D eigenvalue weighted by molar-refractivity contribution is 0.0696. The van der Waals surface area contributed by atoms with Gasteiger partial charge >= 0.3 is 5.97 Å². The summed E-state index contributed by atoms with van der Waals surface area (Å²) in [5, 5.41) is 15.3. The summed E-state index contributed by atoms with van der Waals surface area (Å²) in [6.07, 6.45) is 0. The number of anilines is 1. The van der Waals surface area contributed by atoms with E-state index in [1.165, 1.54) is 0 Å². The van der Waals surface area contributed by atoms with Crippen LogP contribution in [0.4, 0.5) is 5.69 Å².